The molecule has 1 nitrogen and oxygen atoms in total. The van der Waals surface area contributed by atoms with Crippen LogP contribution >= 0.6 is 0 Å². The van der Waals surface area contributed by atoms with Gasteiger partial charge in [0.05, 0.1) is 0 Å². The molecule has 0 spiro atoms. The van der Waals surface area contributed by atoms with Crippen molar-refractivity contribution in [2.45, 2.75) is 37.5 Å². The first kappa shape index (κ1) is 6.59. The Balaban J connectivity index is 2.09. The molecule has 2 heteroatoms. The monoisotopic (exact) mass is 144 g/mol. The quantitative estimate of drug-likeness (QED) is 0.546. The largest absolute Gasteiger partial charge is 0.375 e. The minimum absolute atomic E-state index is 0.242. The lowest BCUT2D eigenvalue weighted by Crippen LogP contribution is -2.20. The molecular weight excluding hydrogens is 131 g/mol. The summed E-state index contributed by atoms with van der Waals surface area (Å²) in [4.78, 5) is 0. The third kappa shape index (κ3) is 0.605. The number of rotatable bonds is 1. The number of fused-ring (bicyclic) bond motifs is 1. The fourth-order valence-corrected chi connectivity index (χ4v) is 2.29. The second-order valence-electron chi connectivity index (χ2n) is 3.41. The maximum Gasteiger partial charge on any atom is 0.135 e. The Morgan fingerprint density at radius 3 is 2.80 bits per heavy atom. The molecule has 2 saturated carbocycles. The molecular formula is C8H13FO. The minimum atomic E-state index is -0.653. The van der Waals surface area contributed by atoms with Crippen LogP contribution in [0.1, 0.15) is 25.7 Å². The van der Waals surface area contributed by atoms with E-state index in [1.807, 2.05) is 0 Å². The molecule has 2 fully saturated rings. The Hall–Kier alpha value is -0.110. The van der Waals surface area contributed by atoms with Crippen LogP contribution in [0.15, 0.2) is 0 Å². The van der Waals surface area contributed by atoms with Gasteiger partial charge in [-0.15, -0.1) is 0 Å². The van der Waals surface area contributed by atoms with Crippen molar-refractivity contribution in [3.63, 3.8) is 0 Å². The van der Waals surface area contributed by atoms with E-state index in [0.29, 0.717) is 0 Å². The molecule has 0 unspecified atom stereocenters. The summed E-state index contributed by atoms with van der Waals surface area (Å²) in [7, 11) is 1.64. The Morgan fingerprint density at radius 2 is 2.30 bits per heavy atom. The van der Waals surface area contributed by atoms with Gasteiger partial charge in [-0.3, -0.25) is 0 Å². The van der Waals surface area contributed by atoms with Crippen molar-refractivity contribution >= 4 is 0 Å². The van der Waals surface area contributed by atoms with Gasteiger partial charge in [0.25, 0.3) is 0 Å². The maximum atomic E-state index is 13.0. The van der Waals surface area contributed by atoms with Crippen molar-refractivity contribution in [3.05, 3.63) is 0 Å². The van der Waals surface area contributed by atoms with Crippen LogP contribution in [0.5, 0.6) is 0 Å². The molecule has 0 N–H and O–H groups in total. The molecule has 10 heavy (non-hydrogen) atoms. The molecule has 0 aromatic rings. The predicted octanol–water partition coefficient (Wildman–Crippen LogP) is 1.91. The highest BCUT2D eigenvalue weighted by atomic mass is 19.1. The summed E-state index contributed by atoms with van der Waals surface area (Å²) >= 11 is 0. The zero-order valence-electron chi connectivity index (χ0n) is 6.27. The maximum absolute atomic E-state index is 13.0. The van der Waals surface area contributed by atoms with E-state index in [2.05, 4.69) is 0 Å². The number of methoxy groups -OCH3 is 1. The molecule has 0 aromatic heterocycles. The zero-order valence-corrected chi connectivity index (χ0v) is 6.27. The molecule has 0 heterocycles. The number of hydrogen-bond donors (Lipinski definition) is 0. The molecule has 2 rings (SSSR count). The Bertz CT molecular complexity index is 148. The summed E-state index contributed by atoms with van der Waals surface area (Å²) in [6.45, 7) is 0. The molecule has 0 saturated heterocycles. The van der Waals surface area contributed by atoms with Gasteiger partial charge in [0.2, 0.25) is 0 Å². The second kappa shape index (κ2) is 1.94. The van der Waals surface area contributed by atoms with Crippen LogP contribution < -0.4 is 0 Å². The number of hydrogen-bond acceptors (Lipinski definition) is 1. The number of ether oxygens (including phenoxy) is 1. The topological polar surface area (TPSA) is 9.23 Å². The van der Waals surface area contributed by atoms with Gasteiger partial charge in [-0.1, -0.05) is 12.8 Å². The smallest absolute Gasteiger partial charge is 0.135 e. The number of alkyl halides is 1. The fourth-order valence-electron chi connectivity index (χ4n) is 2.29. The first-order valence-electron chi connectivity index (χ1n) is 4.00. The molecule has 0 amide bonds. The lowest BCUT2D eigenvalue weighted by atomic mass is 9.98. The summed E-state index contributed by atoms with van der Waals surface area (Å²) in [5, 5.41) is 0. The van der Waals surface area contributed by atoms with E-state index in [-0.39, 0.29) is 11.5 Å². The summed E-state index contributed by atoms with van der Waals surface area (Å²) in [5.41, 5.74) is -0.321. The van der Waals surface area contributed by atoms with Crippen LogP contribution in [0.25, 0.3) is 0 Å². The molecule has 58 valence electrons. The van der Waals surface area contributed by atoms with Crippen LogP contribution in [0, 0.1) is 5.92 Å². The van der Waals surface area contributed by atoms with E-state index in [9.17, 15) is 4.39 Å². The van der Waals surface area contributed by atoms with E-state index in [4.69, 9.17) is 4.74 Å². The highest BCUT2D eigenvalue weighted by Crippen LogP contribution is 2.57. The van der Waals surface area contributed by atoms with Gasteiger partial charge in [-0.05, 0) is 12.8 Å². The minimum Gasteiger partial charge on any atom is -0.375 e. The molecule has 0 bridgehead atoms. The predicted molar refractivity (Wildman–Crippen MR) is 36.6 cm³/mol. The molecule has 3 atom stereocenters. The Morgan fingerprint density at radius 1 is 1.50 bits per heavy atom. The van der Waals surface area contributed by atoms with Gasteiger partial charge in [-0.25, -0.2) is 4.39 Å². The van der Waals surface area contributed by atoms with E-state index < -0.39 is 6.17 Å². The lowest BCUT2D eigenvalue weighted by Gasteiger charge is -2.18. The van der Waals surface area contributed by atoms with Crippen molar-refractivity contribution in [3.8, 4) is 0 Å². The highest BCUT2D eigenvalue weighted by molar-refractivity contribution is 5.16. The molecule has 2 aliphatic rings. The van der Waals surface area contributed by atoms with Crippen LogP contribution in [0.4, 0.5) is 4.39 Å². The van der Waals surface area contributed by atoms with Gasteiger partial charge >= 0.3 is 0 Å². The molecule has 2 aliphatic carbocycles. The third-order valence-electron chi connectivity index (χ3n) is 3.05. The van der Waals surface area contributed by atoms with E-state index >= 15 is 0 Å². The van der Waals surface area contributed by atoms with Crippen molar-refractivity contribution < 1.29 is 9.13 Å². The van der Waals surface area contributed by atoms with E-state index in [1.54, 1.807) is 7.11 Å². The zero-order chi connectivity index (χ0) is 7.19. The van der Waals surface area contributed by atoms with Crippen molar-refractivity contribution in [1.29, 1.82) is 0 Å². The fraction of sp³-hybridized carbons (Fsp3) is 1.00. The van der Waals surface area contributed by atoms with E-state index in [1.165, 1.54) is 6.42 Å². The van der Waals surface area contributed by atoms with Gasteiger partial charge in [-0.2, -0.15) is 0 Å². The van der Waals surface area contributed by atoms with Crippen molar-refractivity contribution in [2.24, 2.45) is 5.92 Å². The number of halogens is 1. The summed E-state index contributed by atoms with van der Waals surface area (Å²) in [6.07, 6.45) is 3.66. The summed E-state index contributed by atoms with van der Waals surface area (Å²) < 4.78 is 18.2. The van der Waals surface area contributed by atoms with Gasteiger partial charge < -0.3 is 4.74 Å². The normalized spacial score (nSPS) is 52.2. The average Bonchev–Trinajstić information content (AvgIpc) is 2.60. The van der Waals surface area contributed by atoms with Gasteiger partial charge in [0, 0.05) is 13.0 Å². The van der Waals surface area contributed by atoms with Gasteiger partial charge in [0.1, 0.15) is 11.8 Å². The standard InChI is InChI=1S/C8H13FO/c1-10-8-5-3-2-4-6(8)7(8)9/h6-7H,2-5H2,1H3/t6-,7+,8-/m1/s1. The van der Waals surface area contributed by atoms with Crippen LogP contribution in [0.2, 0.25) is 0 Å². The van der Waals surface area contributed by atoms with Gasteiger partial charge in [0.15, 0.2) is 0 Å². The first-order valence-corrected chi connectivity index (χ1v) is 4.00. The first-order chi connectivity index (χ1) is 4.81. The van der Waals surface area contributed by atoms with Crippen LogP contribution in [-0.4, -0.2) is 18.9 Å². The lowest BCUT2D eigenvalue weighted by molar-refractivity contribution is 0.0305. The molecule has 0 aromatic carbocycles. The summed E-state index contributed by atoms with van der Waals surface area (Å²) in [6, 6.07) is 0. The summed E-state index contributed by atoms with van der Waals surface area (Å²) in [5.74, 6) is 0.242. The average molecular weight is 144 g/mol. The third-order valence-corrected chi connectivity index (χ3v) is 3.05. The second-order valence-corrected chi connectivity index (χ2v) is 3.41. The SMILES string of the molecule is CO[C@]12CCCC[C@@H]1[C@@H]2F. The Labute approximate surface area is 60.6 Å². The van der Waals surface area contributed by atoms with Crippen LogP contribution in [-0.2, 0) is 4.74 Å². The van der Waals surface area contributed by atoms with E-state index in [0.717, 1.165) is 19.3 Å². The highest BCUT2D eigenvalue weighted by Gasteiger charge is 2.67. The van der Waals surface area contributed by atoms with Crippen molar-refractivity contribution in [1.82, 2.24) is 0 Å². The molecule has 0 aliphatic heterocycles. The molecule has 0 radical (unpaired) electrons. The van der Waals surface area contributed by atoms with Crippen molar-refractivity contribution in [2.75, 3.05) is 7.11 Å². The Kier molecular flexibility index (Phi) is 1.28. The van der Waals surface area contributed by atoms with Crippen LogP contribution in [0.3, 0.4) is 0 Å².